The fraction of sp³-hybridized carbons (Fsp3) is 0.250. The molecule has 0 aliphatic carbocycles. The highest BCUT2D eigenvalue weighted by Gasteiger charge is 2.19. The van der Waals surface area contributed by atoms with Gasteiger partial charge in [-0.3, -0.25) is 4.98 Å². The van der Waals surface area contributed by atoms with Crippen molar-refractivity contribution in [2.45, 2.75) is 25.3 Å². The second-order valence-electron chi connectivity index (χ2n) is 6.37. The molecule has 26 heavy (non-hydrogen) atoms. The van der Waals surface area contributed by atoms with Crippen molar-refractivity contribution in [1.29, 1.82) is 0 Å². The second kappa shape index (κ2) is 7.58. The minimum absolute atomic E-state index is 0.138. The molecule has 3 aromatic rings. The van der Waals surface area contributed by atoms with E-state index in [9.17, 15) is 4.39 Å². The third-order valence-electron chi connectivity index (χ3n) is 4.44. The maximum absolute atomic E-state index is 13.5. The van der Waals surface area contributed by atoms with E-state index in [4.69, 9.17) is 4.98 Å². The number of hydrogen-bond acceptors (Lipinski definition) is 5. The zero-order chi connectivity index (χ0) is 17.8. The quantitative estimate of drug-likeness (QED) is 0.738. The number of pyridine rings is 1. The smallest absolute Gasteiger partial charge is 0.148 e. The van der Waals surface area contributed by atoms with Gasteiger partial charge in [-0.05, 0) is 49.7 Å². The van der Waals surface area contributed by atoms with Gasteiger partial charge < -0.3 is 10.6 Å². The lowest BCUT2D eigenvalue weighted by Crippen LogP contribution is -2.28. The maximum Gasteiger partial charge on any atom is 0.148 e. The normalized spacial score (nSPS) is 17.0. The fourth-order valence-electron chi connectivity index (χ4n) is 3.14. The molecule has 2 N–H and O–H groups in total. The van der Waals surface area contributed by atoms with Crippen LogP contribution in [0.4, 0.5) is 15.9 Å². The van der Waals surface area contributed by atoms with Crippen LogP contribution in [-0.2, 0) is 0 Å². The van der Waals surface area contributed by atoms with Crippen molar-refractivity contribution < 1.29 is 4.39 Å². The zero-order valence-corrected chi connectivity index (χ0v) is 14.3. The molecule has 0 bridgehead atoms. The van der Waals surface area contributed by atoms with Gasteiger partial charge in [0.1, 0.15) is 17.5 Å². The predicted octanol–water partition coefficient (Wildman–Crippen LogP) is 4.24. The third kappa shape index (κ3) is 3.86. The second-order valence-corrected chi connectivity index (χ2v) is 6.37. The first kappa shape index (κ1) is 16.6. The van der Waals surface area contributed by atoms with E-state index in [1.165, 1.54) is 18.6 Å². The van der Waals surface area contributed by atoms with Gasteiger partial charge in [0, 0.05) is 29.7 Å². The van der Waals surface area contributed by atoms with E-state index in [-0.39, 0.29) is 11.9 Å². The van der Waals surface area contributed by atoms with Crippen molar-refractivity contribution in [3.8, 4) is 11.3 Å². The summed E-state index contributed by atoms with van der Waals surface area (Å²) in [6.07, 6.45) is 6.84. The van der Waals surface area contributed by atoms with Crippen molar-refractivity contribution in [2.24, 2.45) is 0 Å². The van der Waals surface area contributed by atoms with Crippen molar-refractivity contribution in [3.63, 3.8) is 0 Å². The molecule has 3 heterocycles. The first-order valence-corrected chi connectivity index (χ1v) is 8.83. The van der Waals surface area contributed by atoms with Crippen LogP contribution in [0.1, 0.15) is 31.1 Å². The summed E-state index contributed by atoms with van der Waals surface area (Å²) in [5.41, 5.74) is 2.46. The van der Waals surface area contributed by atoms with Gasteiger partial charge in [0.2, 0.25) is 0 Å². The predicted molar refractivity (Wildman–Crippen MR) is 99.5 cm³/mol. The number of nitrogens with one attached hydrogen (secondary N) is 2. The minimum atomic E-state index is -0.285. The first-order valence-electron chi connectivity index (χ1n) is 8.83. The van der Waals surface area contributed by atoms with E-state index in [2.05, 4.69) is 20.6 Å². The number of halogens is 1. The number of benzene rings is 1. The molecule has 132 valence electrons. The molecular weight excluding hydrogens is 329 g/mol. The summed E-state index contributed by atoms with van der Waals surface area (Å²) in [5, 5.41) is 6.69. The Bertz CT molecular complexity index is 878. The zero-order valence-electron chi connectivity index (χ0n) is 14.3. The molecule has 0 saturated carbocycles. The summed E-state index contributed by atoms with van der Waals surface area (Å²) >= 11 is 0. The number of piperidine rings is 1. The van der Waals surface area contributed by atoms with Gasteiger partial charge in [-0.15, -0.1) is 0 Å². The van der Waals surface area contributed by atoms with Crippen molar-refractivity contribution in [3.05, 3.63) is 66.5 Å². The van der Waals surface area contributed by atoms with E-state index in [1.807, 2.05) is 24.3 Å². The summed E-state index contributed by atoms with van der Waals surface area (Å²) in [7, 11) is 0. The molecule has 1 aromatic carbocycles. The Kier molecular flexibility index (Phi) is 4.84. The van der Waals surface area contributed by atoms with E-state index >= 15 is 0 Å². The van der Waals surface area contributed by atoms with Crippen LogP contribution in [0.3, 0.4) is 0 Å². The van der Waals surface area contributed by atoms with Crippen LogP contribution in [0.5, 0.6) is 0 Å². The van der Waals surface area contributed by atoms with Crippen LogP contribution in [0, 0.1) is 5.82 Å². The molecule has 0 radical (unpaired) electrons. The van der Waals surface area contributed by atoms with Crippen LogP contribution in [-0.4, -0.2) is 21.5 Å². The van der Waals surface area contributed by atoms with E-state index in [0.29, 0.717) is 11.5 Å². The Balaban J connectivity index is 1.72. The minimum Gasteiger partial charge on any atom is -0.340 e. The van der Waals surface area contributed by atoms with Crippen molar-refractivity contribution in [1.82, 2.24) is 20.3 Å². The van der Waals surface area contributed by atoms with Gasteiger partial charge in [0.15, 0.2) is 0 Å². The van der Waals surface area contributed by atoms with Gasteiger partial charge >= 0.3 is 0 Å². The number of nitrogens with zero attached hydrogens (tertiary/aromatic N) is 3. The molecule has 0 amide bonds. The molecule has 4 rings (SSSR count). The number of rotatable bonds is 4. The SMILES string of the molecule is Fc1cccc(Nc2cc(-c3ccncc3)nc(C3CCCCN3)n2)c1. The van der Waals surface area contributed by atoms with Crippen LogP contribution in [0.2, 0.25) is 0 Å². The van der Waals surface area contributed by atoms with Crippen LogP contribution in [0.25, 0.3) is 11.3 Å². The summed E-state index contributed by atoms with van der Waals surface area (Å²) < 4.78 is 13.5. The topological polar surface area (TPSA) is 62.7 Å². The number of aromatic nitrogens is 3. The number of anilines is 2. The molecule has 1 saturated heterocycles. The molecule has 6 heteroatoms. The largest absolute Gasteiger partial charge is 0.340 e. The van der Waals surface area contributed by atoms with Crippen molar-refractivity contribution in [2.75, 3.05) is 11.9 Å². The summed E-state index contributed by atoms with van der Waals surface area (Å²) in [4.78, 5) is 13.5. The van der Waals surface area contributed by atoms with Crippen molar-refractivity contribution >= 4 is 11.5 Å². The Morgan fingerprint density at radius 2 is 1.92 bits per heavy atom. The van der Waals surface area contributed by atoms with Crippen LogP contribution >= 0.6 is 0 Å². The molecular formula is C20H20FN5. The first-order chi connectivity index (χ1) is 12.8. The molecule has 5 nitrogen and oxygen atoms in total. The molecule has 2 aromatic heterocycles. The molecule has 1 atom stereocenters. The number of hydrogen-bond donors (Lipinski definition) is 2. The van der Waals surface area contributed by atoms with Crippen LogP contribution < -0.4 is 10.6 Å². The highest BCUT2D eigenvalue weighted by atomic mass is 19.1. The summed E-state index contributed by atoms with van der Waals surface area (Å²) in [5.74, 6) is 1.13. The highest BCUT2D eigenvalue weighted by molar-refractivity contribution is 5.65. The van der Waals surface area contributed by atoms with E-state index in [1.54, 1.807) is 18.5 Å². The monoisotopic (exact) mass is 349 g/mol. The van der Waals surface area contributed by atoms with Gasteiger partial charge in [-0.1, -0.05) is 12.5 Å². The lowest BCUT2D eigenvalue weighted by molar-refractivity contribution is 0.398. The molecule has 1 unspecified atom stereocenters. The summed E-state index contributed by atoms with van der Waals surface area (Å²) in [6.45, 7) is 0.972. The Morgan fingerprint density at radius 1 is 1.04 bits per heavy atom. The fourth-order valence-corrected chi connectivity index (χ4v) is 3.14. The Hall–Kier alpha value is -2.86. The standard InChI is InChI=1S/C20H20FN5/c21-15-4-3-5-16(12-15)24-19-13-18(14-7-10-22-11-8-14)25-20(26-19)17-6-1-2-9-23-17/h3-5,7-8,10-13,17,23H,1-2,6,9H2,(H,24,25,26). The average Bonchev–Trinajstić information content (AvgIpc) is 2.69. The van der Waals surface area contributed by atoms with Gasteiger partial charge in [0.05, 0.1) is 11.7 Å². The Labute approximate surface area is 151 Å². The van der Waals surface area contributed by atoms with Gasteiger partial charge in [-0.2, -0.15) is 0 Å². The Morgan fingerprint density at radius 3 is 2.69 bits per heavy atom. The van der Waals surface area contributed by atoms with E-state index in [0.717, 1.165) is 36.5 Å². The molecule has 1 aliphatic rings. The molecule has 1 aliphatic heterocycles. The lowest BCUT2D eigenvalue weighted by atomic mass is 10.0. The molecule has 1 fully saturated rings. The van der Waals surface area contributed by atoms with E-state index < -0.39 is 0 Å². The third-order valence-corrected chi connectivity index (χ3v) is 4.44. The van der Waals surface area contributed by atoms with Crippen LogP contribution in [0.15, 0.2) is 54.9 Å². The van der Waals surface area contributed by atoms with Gasteiger partial charge in [0.25, 0.3) is 0 Å². The molecule has 0 spiro atoms. The highest BCUT2D eigenvalue weighted by Crippen LogP contribution is 2.27. The summed E-state index contributed by atoms with van der Waals surface area (Å²) in [6, 6.07) is 12.2. The van der Waals surface area contributed by atoms with Gasteiger partial charge in [-0.25, -0.2) is 14.4 Å². The lowest BCUT2D eigenvalue weighted by Gasteiger charge is -2.23. The maximum atomic E-state index is 13.5. The average molecular weight is 349 g/mol.